The number of hydrogen-bond acceptors (Lipinski definition) is 2. The van der Waals surface area contributed by atoms with Crippen LogP contribution >= 0.6 is 23.2 Å². The third-order valence-corrected chi connectivity index (χ3v) is 5.73. The van der Waals surface area contributed by atoms with Gasteiger partial charge in [0.25, 0.3) is 0 Å². The first-order valence-corrected chi connectivity index (χ1v) is 8.66. The topological polar surface area (TPSA) is 40.5 Å². The van der Waals surface area contributed by atoms with Crippen LogP contribution in [0.25, 0.3) is 0 Å². The molecule has 0 spiro atoms. The summed E-state index contributed by atoms with van der Waals surface area (Å²) >= 11 is 12.3. The fraction of sp³-hybridized carbons (Fsp3) is 0.368. The highest BCUT2D eigenvalue weighted by Gasteiger charge is 2.38. The lowest BCUT2D eigenvalue weighted by Crippen LogP contribution is -2.32. The van der Waals surface area contributed by atoms with Gasteiger partial charge in [-0.2, -0.15) is 0 Å². The van der Waals surface area contributed by atoms with Crippen molar-refractivity contribution >= 4 is 23.2 Å². The van der Waals surface area contributed by atoms with Crippen molar-refractivity contribution in [3.05, 3.63) is 57.6 Å². The zero-order chi connectivity index (χ0) is 16.6. The van der Waals surface area contributed by atoms with E-state index in [0.29, 0.717) is 16.0 Å². The van der Waals surface area contributed by atoms with Crippen molar-refractivity contribution in [3.63, 3.8) is 0 Å². The Morgan fingerprint density at radius 3 is 1.70 bits per heavy atom. The summed E-state index contributed by atoms with van der Waals surface area (Å²) in [5.41, 5.74) is 2.00. The summed E-state index contributed by atoms with van der Waals surface area (Å²) in [6.45, 7) is 2.28. The van der Waals surface area contributed by atoms with Crippen LogP contribution in [0.5, 0.6) is 11.5 Å². The van der Waals surface area contributed by atoms with Crippen LogP contribution in [0, 0.1) is 5.92 Å². The Balaban J connectivity index is 2.13. The molecule has 0 radical (unpaired) electrons. The van der Waals surface area contributed by atoms with Crippen LogP contribution in [-0.2, 0) is 5.41 Å². The minimum Gasteiger partial charge on any atom is -0.506 e. The number of phenolic OH excluding ortho intramolecular Hbond substituents is 2. The molecule has 3 rings (SSSR count). The van der Waals surface area contributed by atoms with Crippen LogP contribution in [0.3, 0.4) is 0 Å². The highest BCUT2D eigenvalue weighted by molar-refractivity contribution is 6.32. The van der Waals surface area contributed by atoms with Gasteiger partial charge in [0.2, 0.25) is 0 Å². The van der Waals surface area contributed by atoms with Crippen LogP contribution < -0.4 is 0 Å². The van der Waals surface area contributed by atoms with E-state index < -0.39 is 0 Å². The van der Waals surface area contributed by atoms with E-state index in [2.05, 4.69) is 6.92 Å². The second kappa shape index (κ2) is 6.26. The van der Waals surface area contributed by atoms with E-state index in [4.69, 9.17) is 23.2 Å². The average molecular weight is 351 g/mol. The van der Waals surface area contributed by atoms with Crippen molar-refractivity contribution in [3.8, 4) is 11.5 Å². The molecule has 122 valence electrons. The van der Waals surface area contributed by atoms with Crippen LogP contribution in [0.4, 0.5) is 0 Å². The zero-order valence-corrected chi connectivity index (χ0v) is 14.5. The molecular formula is C19H20Cl2O2. The third kappa shape index (κ3) is 3.02. The van der Waals surface area contributed by atoms with Crippen LogP contribution in [0.15, 0.2) is 36.4 Å². The van der Waals surface area contributed by atoms with Gasteiger partial charge in [-0.1, -0.05) is 42.3 Å². The summed E-state index contributed by atoms with van der Waals surface area (Å²) in [6.07, 6.45) is 4.24. The Morgan fingerprint density at radius 1 is 0.870 bits per heavy atom. The Bertz CT molecular complexity index is 666. The maximum atomic E-state index is 9.73. The predicted molar refractivity (Wildman–Crippen MR) is 94.6 cm³/mol. The quantitative estimate of drug-likeness (QED) is 0.707. The minimum absolute atomic E-state index is 0.0958. The maximum Gasteiger partial charge on any atom is 0.134 e. The molecule has 2 aromatic rings. The summed E-state index contributed by atoms with van der Waals surface area (Å²) in [5, 5.41) is 20.2. The summed E-state index contributed by atoms with van der Waals surface area (Å²) in [6, 6.07) is 10.9. The van der Waals surface area contributed by atoms with Gasteiger partial charge in [-0.15, -0.1) is 0 Å². The van der Waals surface area contributed by atoms with Gasteiger partial charge in [-0.3, -0.25) is 0 Å². The van der Waals surface area contributed by atoms with Gasteiger partial charge in [-0.05, 0) is 67.0 Å². The molecule has 1 aliphatic rings. The highest BCUT2D eigenvalue weighted by atomic mass is 35.5. The molecule has 0 bridgehead atoms. The molecule has 2 N–H and O–H groups in total. The number of rotatable bonds is 2. The van der Waals surface area contributed by atoms with Crippen molar-refractivity contribution in [1.29, 1.82) is 0 Å². The van der Waals surface area contributed by atoms with E-state index in [-0.39, 0.29) is 16.9 Å². The van der Waals surface area contributed by atoms with Gasteiger partial charge in [0.15, 0.2) is 0 Å². The van der Waals surface area contributed by atoms with Crippen molar-refractivity contribution in [2.75, 3.05) is 0 Å². The maximum absolute atomic E-state index is 9.73. The smallest absolute Gasteiger partial charge is 0.134 e. The van der Waals surface area contributed by atoms with Crippen LogP contribution in [0.1, 0.15) is 43.7 Å². The lowest BCUT2D eigenvalue weighted by Gasteiger charge is -2.41. The fourth-order valence-corrected chi connectivity index (χ4v) is 3.97. The molecule has 23 heavy (non-hydrogen) atoms. The SMILES string of the molecule is CC1CCC(c2ccc(O)c(Cl)c2)(c2ccc(O)c(Cl)c2)CC1. The largest absolute Gasteiger partial charge is 0.506 e. The lowest BCUT2D eigenvalue weighted by atomic mass is 9.63. The number of hydrogen-bond donors (Lipinski definition) is 2. The summed E-state index contributed by atoms with van der Waals surface area (Å²) in [7, 11) is 0. The Kier molecular flexibility index (Phi) is 4.48. The Morgan fingerprint density at radius 2 is 1.30 bits per heavy atom. The average Bonchev–Trinajstić information content (AvgIpc) is 2.54. The van der Waals surface area contributed by atoms with Gasteiger partial charge in [-0.25, -0.2) is 0 Å². The molecule has 0 heterocycles. The first kappa shape index (κ1) is 16.5. The number of benzene rings is 2. The molecule has 1 aliphatic carbocycles. The third-order valence-electron chi connectivity index (χ3n) is 5.13. The van der Waals surface area contributed by atoms with E-state index in [9.17, 15) is 10.2 Å². The van der Waals surface area contributed by atoms with Crippen molar-refractivity contribution in [1.82, 2.24) is 0 Å². The van der Waals surface area contributed by atoms with Gasteiger partial charge >= 0.3 is 0 Å². The van der Waals surface area contributed by atoms with Crippen LogP contribution in [-0.4, -0.2) is 10.2 Å². The van der Waals surface area contributed by atoms with Crippen LogP contribution in [0.2, 0.25) is 10.0 Å². The number of aromatic hydroxyl groups is 2. The summed E-state index contributed by atoms with van der Waals surface area (Å²) < 4.78 is 0. The molecular weight excluding hydrogens is 331 g/mol. The molecule has 1 fully saturated rings. The molecule has 2 nitrogen and oxygen atoms in total. The van der Waals surface area contributed by atoms with E-state index in [0.717, 1.165) is 36.8 Å². The minimum atomic E-state index is -0.179. The van der Waals surface area contributed by atoms with Gasteiger partial charge in [0.1, 0.15) is 11.5 Å². The van der Waals surface area contributed by atoms with Crippen molar-refractivity contribution < 1.29 is 10.2 Å². The first-order valence-electron chi connectivity index (χ1n) is 7.90. The van der Waals surface area contributed by atoms with Crippen molar-refractivity contribution in [2.45, 2.75) is 38.0 Å². The molecule has 0 atom stereocenters. The van der Waals surface area contributed by atoms with Gasteiger partial charge < -0.3 is 10.2 Å². The predicted octanol–water partition coefficient (Wildman–Crippen LogP) is 5.90. The molecule has 1 saturated carbocycles. The molecule has 4 heteroatoms. The number of phenols is 2. The number of halogens is 2. The normalized spacial score (nSPS) is 18.0. The molecule has 0 aromatic heterocycles. The molecule has 0 aliphatic heterocycles. The van der Waals surface area contributed by atoms with Gasteiger partial charge in [0.05, 0.1) is 10.0 Å². The molecule has 2 aromatic carbocycles. The Labute approximate surface area is 146 Å². The molecule has 0 saturated heterocycles. The van der Waals surface area contributed by atoms with Gasteiger partial charge in [0, 0.05) is 5.41 Å². The zero-order valence-electron chi connectivity index (χ0n) is 13.0. The lowest BCUT2D eigenvalue weighted by molar-refractivity contribution is 0.280. The second-order valence-corrected chi connectivity index (χ2v) is 7.41. The summed E-state index contributed by atoms with van der Waals surface area (Å²) in [4.78, 5) is 0. The first-order chi connectivity index (χ1) is 10.9. The van der Waals surface area contributed by atoms with E-state index >= 15 is 0 Å². The highest BCUT2D eigenvalue weighted by Crippen LogP contribution is 2.48. The summed E-state index contributed by atoms with van der Waals surface area (Å²) in [5.74, 6) is 0.889. The van der Waals surface area contributed by atoms with E-state index in [1.54, 1.807) is 12.1 Å². The second-order valence-electron chi connectivity index (χ2n) is 6.60. The molecule has 0 unspecified atom stereocenters. The monoisotopic (exact) mass is 350 g/mol. The Hall–Kier alpha value is -1.38. The fourth-order valence-electron chi connectivity index (χ4n) is 3.61. The van der Waals surface area contributed by atoms with Crippen molar-refractivity contribution in [2.24, 2.45) is 5.92 Å². The standard InChI is InChI=1S/C19H20Cl2O2/c1-12-6-8-19(9-7-12,13-2-4-17(22)15(20)10-13)14-3-5-18(23)16(21)11-14/h2-5,10-12,22-23H,6-9H2,1H3. The molecule has 0 amide bonds. The van der Waals surface area contributed by atoms with E-state index in [1.165, 1.54) is 0 Å². The van der Waals surface area contributed by atoms with E-state index in [1.807, 2.05) is 24.3 Å².